The lowest BCUT2D eigenvalue weighted by atomic mass is 10.1. The predicted molar refractivity (Wildman–Crippen MR) is 103 cm³/mol. The molecule has 28 heavy (non-hydrogen) atoms. The predicted octanol–water partition coefficient (Wildman–Crippen LogP) is 1.72. The maximum absolute atomic E-state index is 11.2. The van der Waals surface area contributed by atoms with Crippen LogP contribution in [-0.2, 0) is 11.4 Å². The minimum atomic E-state index is -0.916. The van der Waals surface area contributed by atoms with E-state index in [4.69, 9.17) is 20.3 Å². The number of allylic oxidation sites excluding steroid dienone is 1. The van der Waals surface area contributed by atoms with E-state index in [0.29, 0.717) is 40.4 Å². The van der Waals surface area contributed by atoms with Gasteiger partial charge in [0.25, 0.3) is 0 Å². The van der Waals surface area contributed by atoms with Gasteiger partial charge in [0.2, 0.25) is 5.88 Å². The molecule has 0 aliphatic carbocycles. The molecule has 2 aromatic heterocycles. The van der Waals surface area contributed by atoms with Gasteiger partial charge in [-0.1, -0.05) is 6.07 Å². The summed E-state index contributed by atoms with van der Waals surface area (Å²) in [5.41, 5.74) is 7.91. The zero-order valence-corrected chi connectivity index (χ0v) is 15.2. The lowest BCUT2D eigenvalue weighted by Gasteiger charge is -2.12. The number of aromatic nitrogens is 2. The number of hydrogen-bond acceptors (Lipinski definition) is 8. The maximum atomic E-state index is 11.2. The molecule has 0 fully saturated rings. The van der Waals surface area contributed by atoms with Gasteiger partial charge in [-0.2, -0.15) is 0 Å². The van der Waals surface area contributed by atoms with Gasteiger partial charge in [0, 0.05) is 30.6 Å². The average Bonchev–Trinajstić information content (AvgIpc) is 2.71. The third-order valence-corrected chi connectivity index (χ3v) is 3.57. The standard InChI is InChI=1S/C19H20N4O5/c1-27-17-9-14(11-24)16(10-23-17)28-12-13-3-2-6-22-19(13)15(20)4-7-21-8-5-18(25)26/h2-4,6-7,9-11H,5,8,12,20H2,1H3,(H,25,26). The van der Waals surface area contributed by atoms with Crippen molar-refractivity contribution in [3.63, 3.8) is 0 Å². The van der Waals surface area contributed by atoms with E-state index in [2.05, 4.69) is 15.0 Å². The summed E-state index contributed by atoms with van der Waals surface area (Å²) in [4.78, 5) is 33.9. The molecule has 0 atom stereocenters. The molecule has 0 bridgehead atoms. The second-order valence-electron chi connectivity index (χ2n) is 5.50. The molecule has 146 valence electrons. The fourth-order valence-electron chi connectivity index (χ4n) is 2.18. The Morgan fingerprint density at radius 2 is 2.21 bits per heavy atom. The van der Waals surface area contributed by atoms with Gasteiger partial charge >= 0.3 is 5.97 Å². The lowest BCUT2D eigenvalue weighted by Crippen LogP contribution is -2.07. The monoisotopic (exact) mass is 384 g/mol. The van der Waals surface area contributed by atoms with Crippen LogP contribution in [0, 0.1) is 0 Å². The highest BCUT2D eigenvalue weighted by atomic mass is 16.5. The van der Waals surface area contributed by atoms with Crippen molar-refractivity contribution in [3.8, 4) is 11.6 Å². The minimum absolute atomic E-state index is 0.0537. The van der Waals surface area contributed by atoms with Crippen LogP contribution in [0.1, 0.15) is 28.0 Å². The van der Waals surface area contributed by atoms with Gasteiger partial charge < -0.3 is 20.3 Å². The van der Waals surface area contributed by atoms with Crippen LogP contribution in [0.15, 0.2) is 41.7 Å². The van der Waals surface area contributed by atoms with Crippen molar-refractivity contribution in [2.45, 2.75) is 13.0 Å². The average molecular weight is 384 g/mol. The van der Waals surface area contributed by atoms with Crippen LogP contribution in [0.2, 0.25) is 0 Å². The molecule has 2 rings (SSSR count). The second-order valence-corrected chi connectivity index (χ2v) is 5.50. The van der Waals surface area contributed by atoms with Crippen molar-refractivity contribution >= 4 is 24.2 Å². The highest BCUT2D eigenvalue weighted by Gasteiger charge is 2.10. The molecule has 2 aromatic rings. The molecule has 0 aliphatic heterocycles. The highest BCUT2D eigenvalue weighted by Crippen LogP contribution is 2.22. The van der Waals surface area contributed by atoms with Crippen molar-refractivity contribution in [2.75, 3.05) is 13.7 Å². The Labute approximate surface area is 161 Å². The Morgan fingerprint density at radius 1 is 1.39 bits per heavy atom. The SMILES string of the molecule is COc1cc(C=O)c(OCc2cccnc2C(N)=CC=NCCC(=O)O)cn1. The highest BCUT2D eigenvalue weighted by molar-refractivity contribution is 5.83. The van der Waals surface area contributed by atoms with E-state index in [1.165, 1.54) is 25.6 Å². The van der Waals surface area contributed by atoms with Crippen LogP contribution in [0.5, 0.6) is 11.6 Å². The maximum Gasteiger partial charge on any atom is 0.305 e. The molecule has 0 radical (unpaired) electrons. The number of methoxy groups -OCH3 is 1. The van der Waals surface area contributed by atoms with Crippen molar-refractivity contribution in [1.82, 2.24) is 9.97 Å². The van der Waals surface area contributed by atoms with Gasteiger partial charge in [0.05, 0.1) is 36.7 Å². The Hall–Kier alpha value is -3.75. The number of carboxylic acids is 1. The van der Waals surface area contributed by atoms with E-state index in [-0.39, 0.29) is 19.6 Å². The van der Waals surface area contributed by atoms with E-state index < -0.39 is 5.97 Å². The minimum Gasteiger partial charge on any atom is -0.486 e. The molecule has 0 amide bonds. The number of rotatable bonds is 10. The van der Waals surface area contributed by atoms with Gasteiger partial charge in [-0.05, 0) is 12.1 Å². The van der Waals surface area contributed by atoms with E-state index in [9.17, 15) is 9.59 Å². The van der Waals surface area contributed by atoms with Gasteiger partial charge in [0.15, 0.2) is 6.29 Å². The summed E-state index contributed by atoms with van der Waals surface area (Å²) in [6.07, 6.45) is 6.59. The van der Waals surface area contributed by atoms with Gasteiger partial charge in [-0.25, -0.2) is 4.98 Å². The number of aldehydes is 1. The topological polar surface area (TPSA) is 137 Å². The van der Waals surface area contributed by atoms with Crippen molar-refractivity contribution in [1.29, 1.82) is 0 Å². The molecular formula is C19H20N4O5. The summed E-state index contributed by atoms with van der Waals surface area (Å²) in [6.45, 7) is 0.277. The Balaban J connectivity index is 2.12. The lowest BCUT2D eigenvalue weighted by molar-refractivity contribution is -0.136. The molecular weight excluding hydrogens is 364 g/mol. The molecule has 0 aromatic carbocycles. The molecule has 0 aliphatic rings. The van der Waals surface area contributed by atoms with Crippen LogP contribution in [0.3, 0.4) is 0 Å². The molecule has 0 saturated heterocycles. The zero-order chi connectivity index (χ0) is 20.4. The molecule has 9 heteroatoms. The van der Waals surface area contributed by atoms with Gasteiger partial charge in [-0.15, -0.1) is 0 Å². The number of ether oxygens (including phenoxy) is 2. The molecule has 0 saturated carbocycles. The molecule has 2 heterocycles. The van der Waals surface area contributed by atoms with Gasteiger partial charge in [0.1, 0.15) is 12.4 Å². The summed E-state index contributed by atoms with van der Waals surface area (Å²) < 4.78 is 10.7. The Morgan fingerprint density at radius 3 is 2.93 bits per heavy atom. The summed E-state index contributed by atoms with van der Waals surface area (Å²) in [6, 6.07) is 5.01. The first kappa shape index (κ1) is 20.6. The van der Waals surface area contributed by atoms with Gasteiger partial charge in [-0.3, -0.25) is 19.6 Å². The number of carbonyl (C=O) groups is 2. The largest absolute Gasteiger partial charge is 0.486 e. The van der Waals surface area contributed by atoms with Crippen molar-refractivity contribution < 1.29 is 24.2 Å². The number of pyridine rings is 2. The van der Waals surface area contributed by atoms with E-state index in [1.807, 2.05) is 0 Å². The number of carbonyl (C=O) groups excluding carboxylic acids is 1. The number of nitrogens with two attached hydrogens (primary N) is 1. The second kappa shape index (κ2) is 10.4. The molecule has 0 spiro atoms. The number of hydrogen-bond donors (Lipinski definition) is 2. The summed E-state index contributed by atoms with van der Waals surface area (Å²) in [7, 11) is 1.46. The van der Waals surface area contributed by atoms with Crippen molar-refractivity contribution in [3.05, 3.63) is 53.5 Å². The molecule has 0 unspecified atom stereocenters. The van der Waals surface area contributed by atoms with Crippen LogP contribution in [0.4, 0.5) is 0 Å². The summed E-state index contributed by atoms with van der Waals surface area (Å²) in [5.74, 6) is -0.296. The third kappa shape index (κ3) is 5.90. The number of nitrogens with zero attached hydrogens (tertiary/aromatic N) is 3. The Bertz CT molecular complexity index is 896. The fourth-order valence-corrected chi connectivity index (χ4v) is 2.18. The van der Waals surface area contributed by atoms with Crippen LogP contribution < -0.4 is 15.2 Å². The first-order chi connectivity index (χ1) is 13.5. The Kier molecular flexibility index (Phi) is 7.64. The fraction of sp³-hybridized carbons (Fsp3) is 0.211. The summed E-state index contributed by atoms with van der Waals surface area (Å²) in [5, 5.41) is 8.58. The number of aliphatic carboxylic acids is 1. The van der Waals surface area contributed by atoms with E-state index in [0.717, 1.165) is 0 Å². The van der Waals surface area contributed by atoms with Crippen molar-refractivity contribution in [2.24, 2.45) is 10.7 Å². The first-order valence-electron chi connectivity index (χ1n) is 8.28. The number of carboxylic acid groups (broad SMARTS) is 1. The van der Waals surface area contributed by atoms with E-state index in [1.54, 1.807) is 24.4 Å². The third-order valence-electron chi connectivity index (χ3n) is 3.57. The molecule has 9 nitrogen and oxygen atoms in total. The zero-order valence-electron chi connectivity index (χ0n) is 15.2. The van der Waals surface area contributed by atoms with Crippen LogP contribution in [-0.4, -0.2) is 47.2 Å². The summed E-state index contributed by atoms with van der Waals surface area (Å²) >= 11 is 0. The first-order valence-corrected chi connectivity index (χ1v) is 8.28. The molecule has 3 N–H and O–H groups in total. The quantitative estimate of drug-likeness (QED) is 0.467. The van der Waals surface area contributed by atoms with E-state index >= 15 is 0 Å². The van der Waals surface area contributed by atoms with Crippen LogP contribution in [0.25, 0.3) is 5.70 Å². The smallest absolute Gasteiger partial charge is 0.305 e. The van der Waals surface area contributed by atoms with Crippen LogP contribution >= 0.6 is 0 Å². The normalized spacial score (nSPS) is 11.4. The number of aliphatic imine (C=N–C) groups is 1.